The van der Waals surface area contributed by atoms with Gasteiger partial charge in [0.05, 0.1) is 0 Å². The Morgan fingerprint density at radius 3 is 2.80 bits per heavy atom. The van der Waals surface area contributed by atoms with Gasteiger partial charge in [0.2, 0.25) is 0 Å². The van der Waals surface area contributed by atoms with E-state index in [-0.39, 0.29) is 0 Å². The van der Waals surface area contributed by atoms with E-state index in [0.29, 0.717) is 0 Å². The van der Waals surface area contributed by atoms with Crippen LogP contribution in [0.25, 0.3) is 0 Å². The van der Waals surface area contributed by atoms with Crippen molar-refractivity contribution in [2.24, 2.45) is 23.7 Å². The molecule has 52 valence electrons. The Kier molecular flexibility index (Phi) is 0.803. The summed E-state index contributed by atoms with van der Waals surface area (Å²) in [5, 5.41) is 0. The average Bonchev–Trinajstić information content (AvgIpc) is 2.60. The van der Waals surface area contributed by atoms with E-state index in [4.69, 9.17) is 0 Å². The van der Waals surface area contributed by atoms with E-state index in [0.717, 1.165) is 23.7 Å². The van der Waals surface area contributed by atoms with Gasteiger partial charge in [-0.05, 0) is 36.5 Å². The van der Waals surface area contributed by atoms with Crippen LogP contribution in [0.1, 0.15) is 12.8 Å². The van der Waals surface area contributed by atoms with Crippen LogP contribution >= 0.6 is 0 Å². The fourth-order valence-electron chi connectivity index (χ4n) is 2.97. The highest BCUT2D eigenvalue weighted by Crippen LogP contribution is 2.52. The molecule has 0 aromatic carbocycles. The summed E-state index contributed by atoms with van der Waals surface area (Å²) in [6.45, 7) is 0. The standard InChI is InChI=1S/C10H12/c1-2-9-7-4-5-8(6-7)10(9)3-1/h1-2,4-5,7-10H,3,6H2/t7?,8?,9-,10?/m1/s1. The van der Waals surface area contributed by atoms with Crippen LogP contribution in [0.2, 0.25) is 0 Å². The van der Waals surface area contributed by atoms with Crippen molar-refractivity contribution in [3.63, 3.8) is 0 Å². The predicted octanol–water partition coefficient (Wildman–Crippen LogP) is 2.38. The Morgan fingerprint density at radius 2 is 1.90 bits per heavy atom. The molecule has 3 unspecified atom stereocenters. The predicted molar refractivity (Wildman–Crippen MR) is 41.5 cm³/mol. The Morgan fingerprint density at radius 1 is 1.00 bits per heavy atom. The SMILES string of the molecule is C1=C[C@@H]2C3C=CC(C3)C2C1. The van der Waals surface area contributed by atoms with E-state index in [1.54, 1.807) is 0 Å². The van der Waals surface area contributed by atoms with E-state index in [2.05, 4.69) is 24.3 Å². The third-order valence-electron chi connectivity index (χ3n) is 3.46. The molecule has 1 fully saturated rings. The first-order valence-electron chi connectivity index (χ1n) is 4.30. The van der Waals surface area contributed by atoms with Crippen molar-refractivity contribution in [1.29, 1.82) is 0 Å². The first-order chi connectivity index (χ1) is 4.95. The molecule has 0 saturated heterocycles. The quantitative estimate of drug-likeness (QED) is 0.444. The molecular weight excluding hydrogens is 120 g/mol. The fourth-order valence-corrected chi connectivity index (χ4v) is 2.97. The molecular formula is C10H12. The number of hydrogen-bond acceptors (Lipinski definition) is 0. The van der Waals surface area contributed by atoms with E-state index in [9.17, 15) is 0 Å². The van der Waals surface area contributed by atoms with Gasteiger partial charge < -0.3 is 0 Å². The minimum atomic E-state index is 0.925. The highest BCUT2D eigenvalue weighted by atomic mass is 14.5. The molecule has 0 heterocycles. The van der Waals surface area contributed by atoms with Gasteiger partial charge in [-0.25, -0.2) is 0 Å². The summed E-state index contributed by atoms with van der Waals surface area (Å²) in [4.78, 5) is 0. The largest absolute Gasteiger partial charge is 0.0879 e. The lowest BCUT2D eigenvalue weighted by Gasteiger charge is -2.18. The molecule has 0 aromatic heterocycles. The van der Waals surface area contributed by atoms with E-state index >= 15 is 0 Å². The van der Waals surface area contributed by atoms with Gasteiger partial charge in [-0.1, -0.05) is 24.3 Å². The van der Waals surface area contributed by atoms with E-state index < -0.39 is 0 Å². The average molecular weight is 132 g/mol. The zero-order chi connectivity index (χ0) is 6.55. The van der Waals surface area contributed by atoms with Crippen molar-refractivity contribution in [3.05, 3.63) is 24.3 Å². The summed E-state index contributed by atoms with van der Waals surface area (Å²) in [6.07, 6.45) is 12.5. The third-order valence-corrected chi connectivity index (χ3v) is 3.46. The maximum Gasteiger partial charge on any atom is -0.0133 e. The van der Waals surface area contributed by atoms with Crippen LogP contribution in [0, 0.1) is 23.7 Å². The van der Waals surface area contributed by atoms with E-state index in [1.807, 2.05) is 0 Å². The highest BCUT2D eigenvalue weighted by molar-refractivity contribution is 5.21. The second kappa shape index (κ2) is 1.55. The molecule has 0 aromatic rings. The number of hydrogen-bond donors (Lipinski definition) is 0. The summed E-state index contributed by atoms with van der Waals surface area (Å²) in [5.74, 6) is 3.82. The molecule has 10 heavy (non-hydrogen) atoms. The number of allylic oxidation sites excluding steroid dienone is 4. The highest BCUT2D eigenvalue weighted by Gasteiger charge is 2.44. The van der Waals surface area contributed by atoms with Crippen LogP contribution in [0.3, 0.4) is 0 Å². The van der Waals surface area contributed by atoms with Crippen LogP contribution < -0.4 is 0 Å². The lowest BCUT2D eigenvalue weighted by Crippen LogP contribution is -2.12. The zero-order valence-electron chi connectivity index (χ0n) is 6.03. The maximum absolute atomic E-state index is 2.44. The molecule has 0 aliphatic heterocycles. The molecule has 4 atom stereocenters. The molecule has 0 amide bonds. The minimum absolute atomic E-state index is 0.925. The molecule has 3 aliphatic carbocycles. The van der Waals surface area contributed by atoms with Crippen LogP contribution in [0.5, 0.6) is 0 Å². The first-order valence-corrected chi connectivity index (χ1v) is 4.30. The van der Waals surface area contributed by atoms with E-state index in [1.165, 1.54) is 12.8 Å². The summed E-state index contributed by atoms with van der Waals surface area (Å²) in [7, 11) is 0. The molecule has 0 spiro atoms. The van der Waals surface area contributed by atoms with Gasteiger partial charge in [0.25, 0.3) is 0 Å². The Balaban J connectivity index is 2.04. The van der Waals surface area contributed by atoms with Gasteiger partial charge in [0.1, 0.15) is 0 Å². The van der Waals surface area contributed by atoms with Crippen molar-refractivity contribution in [3.8, 4) is 0 Å². The monoisotopic (exact) mass is 132 g/mol. The Hall–Kier alpha value is -0.520. The van der Waals surface area contributed by atoms with Crippen LogP contribution in [-0.4, -0.2) is 0 Å². The van der Waals surface area contributed by atoms with Crippen molar-refractivity contribution < 1.29 is 0 Å². The Bertz CT molecular complexity index is 212. The number of fused-ring (bicyclic) bond motifs is 5. The minimum Gasteiger partial charge on any atom is -0.0879 e. The van der Waals surface area contributed by atoms with Crippen LogP contribution in [-0.2, 0) is 0 Å². The van der Waals surface area contributed by atoms with Crippen molar-refractivity contribution in [1.82, 2.24) is 0 Å². The van der Waals surface area contributed by atoms with Gasteiger partial charge in [-0.3, -0.25) is 0 Å². The fraction of sp³-hybridized carbons (Fsp3) is 0.600. The summed E-state index contributed by atoms with van der Waals surface area (Å²) in [6, 6.07) is 0. The molecule has 2 bridgehead atoms. The van der Waals surface area contributed by atoms with Gasteiger partial charge in [-0.2, -0.15) is 0 Å². The van der Waals surface area contributed by atoms with Crippen molar-refractivity contribution in [2.75, 3.05) is 0 Å². The smallest absolute Gasteiger partial charge is 0.0133 e. The second-order valence-electron chi connectivity index (χ2n) is 3.85. The normalized spacial score (nSPS) is 54.4. The molecule has 3 aliphatic rings. The topological polar surface area (TPSA) is 0 Å². The van der Waals surface area contributed by atoms with Gasteiger partial charge >= 0.3 is 0 Å². The molecule has 1 saturated carbocycles. The van der Waals surface area contributed by atoms with Gasteiger partial charge in [0.15, 0.2) is 0 Å². The first kappa shape index (κ1) is 5.17. The lowest BCUT2D eigenvalue weighted by atomic mass is 9.86. The third kappa shape index (κ3) is 0.448. The van der Waals surface area contributed by atoms with Gasteiger partial charge in [0, 0.05) is 0 Å². The summed E-state index contributed by atoms with van der Waals surface area (Å²) in [5.41, 5.74) is 0. The van der Waals surface area contributed by atoms with Gasteiger partial charge in [-0.15, -0.1) is 0 Å². The molecule has 3 rings (SSSR count). The molecule has 0 N–H and O–H groups in total. The van der Waals surface area contributed by atoms with Crippen LogP contribution in [0.4, 0.5) is 0 Å². The van der Waals surface area contributed by atoms with Crippen molar-refractivity contribution in [2.45, 2.75) is 12.8 Å². The number of rotatable bonds is 0. The molecule has 0 heteroatoms. The van der Waals surface area contributed by atoms with Crippen molar-refractivity contribution >= 4 is 0 Å². The Labute approximate surface area is 61.6 Å². The zero-order valence-corrected chi connectivity index (χ0v) is 6.03. The second-order valence-corrected chi connectivity index (χ2v) is 3.85. The summed E-state index contributed by atoms with van der Waals surface area (Å²) < 4.78 is 0. The van der Waals surface area contributed by atoms with Crippen LogP contribution in [0.15, 0.2) is 24.3 Å². The molecule has 0 nitrogen and oxygen atoms in total. The molecule has 0 radical (unpaired) electrons. The maximum atomic E-state index is 2.44. The summed E-state index contributed by atoms with van der Waals surface area (Å²) >= 11 is 0. The lowest BCUT2D eigenvalue weighted by molar-refractivity contribution is 0.398.